The van der Waals surface area contributed by atoms with E-state index in [-0.39, 0.29) is 24.2 Å². The summed E-state index contributed by atoms with van der Waals surface area (Å²) in [5.74, 6) is -0.00983. The number of nitrogens with one attached hydrogen (secondary N) is 1. The molecule has 1 N–H and O–H groups in total. The molecule has 0 fully saturated rings. The van der Waals surface area contributed by atoms with Gasteiger partial charge in [0.05, 0.1) is 6.04 Å². The predicted molar refractivity (Wildman–Crippen MR) is 86.9 cm³/mol. The molecule has 0 aliphatic rings. The number of carbonyl (C=O) groups is 1. The Bertz CT molecular complexity index is 610. The molecule has 0 spiro atoms. The van der Waals surface area contributed by atoms with Crippen molar-refractivity contribution in [2.75, 3.05) is 0 Å². The summed E-state index contributed by atoms with van der Waals surface area (Å²) in [6.45, 7) is 4.16. The summed E-state index contributed by atoms with van der Waals surface area (Å²) in [5.41, 5.74) is 1.68. The minimum absolute atomic E-state index is 0.0191. The number of benzene rings is 2. The van der Waals surface area contributed by atoms with Crippen LogP contribution in [0.25, 0.3) is 0 Å². The van der Waals surface area contributed by atoms with Crippen LogP contribution in [0.15, 0.2) is 54.6 Å². The number of aryl methyl sites for hydroxylation is 1. The van der Waals surface area contributed by atoms with Crippen LogP contribution >= 0.6 is 0 Å². The lowest BCUT2D eigenvalue weighted by atomic mass is 9.96. The molecular weight excluding hydrogens is 277 g/mol. The van der Waals surface area contributed by atoms with Crippen LogP contribution in [0.2, 0.25) is 0 Å². The Labute approximate surface area is 131 Å². The molecule has 1 atom stereocenters. The molecule has 2 aromatic carbocycles. The van der Waals surface area contributed by atoms with E-state index in [0.29, 0.717) is 17.9 Å². The van der Waals surface area contributed by atoms with E-state index < -0.39 is 0 Å². The average molecular weight is 299 g/mol. The molecule has 116 valence electrons. The minimum Gasteiger partial charge on any atom is -0.349 e. The first-order valence-corrected chi connectivity index (χ1v) is 7.65. The fraction of sp³-hybridized carbons (Fsp3) is 0.316. The van der Waals surface area contributed by atoms with E-state index >= 15 is 0 Å². The van der Waals surface area contributed by atoms with Crippen molar-refractivity contribution in [3.05, 3.63) is 71.5 Å². The van der Waals surface area contributed by atoms with Gasteiger partial charge < -0.3 is 5.32 Å². The highest BCUT2D eigenvalue weighted by atomic mass is 19.1. The van der Waals surface area contributed by atoms with E-state index in [4.69, 9.17) is 0 Å². The second-order valence-electron chi connectivity index (χ2n) is 5.79. The van der Waals surface area contributed by atoms with E-state index in [9.17, 15) is 9.18 Å². The molecule has 2 nitrogen and oxygen atoms in total. The maximum absolute atomic E-state index is 13.6. The van der Waals surface area contributed by atoms with Crippen molar-refractivity contribution in [3.8, 4) is 0 Å². The predicted octanol–water partition coefficient (Wildman–Crippen LogP) is 4.27. The highest BCUT2D eigenvalue weighted by Crippen LogP contribution is 2.21. The minimum atomic E-state index is -0.251. The van der Waals surface area contributed by atoms with Gasteiger partial charge in [-0.2, -0.15) is 0 Å². The largest absolute Gasteiger partial charge is 0.349 e. The summed E-state index contributed by atoms with van der Waals surface area (Å²) in [5, 5.41) is 3.06. The Hall–Kier alpha value is -2.16. The average Bonchev–Trinajstić information content (AvgIpc) is 2.52. The van der Waals surface area contributed by atoms with Crippen LogP contribution < -0.4 is 5.32 Å². The third-order valence-corrected chi connectivity index (χ3v) is 3.72. The Morgan fingerprint density at radius 3 is 2.32 bits per heavy atom. The van der Waals surface area contributed by atoms with Gasteiger partial charge in [-0.25, -0.2) is 4.39 Å². The second-order valence-corrected chi connectivity index (χ2v) is 5.79. The summed E-state index contributed by atoms with van der Waals surface area (Å²) >= 11 is 0. The SMILES string of the molecule is CC(C)C(NC(=O)CCc1ccccc1F)c1ccccc1. The van der Waals surface area contributed by atoms with Crippen molar-refractivity contribution in [1.82, 2.24) is 5.32 Å². The molecule has 0 aliphatic heterocycles. The quantitative estimate of drug-likeness (QED) is 0.848. The number of carbonyl (C=O) groups excluding carboxylic acids is 1. The Morgan fingerprint density at radius 2 is 1.68 bits per heavy atom. The first-order valence-electron chi connectivity index (χ1n) is 7.65. The van der Waals surface area contributed by atoms with Gasteiger partial charge in [-0.3, -0.25) is 4.79 Å². The molecule has 0 saturated heterocycles. The number of hydrogen-bond donors (Lipinski definition) is 1. The molecule has 0 heterocycles. The number of hydrogen-bond acceptors (Lipinski definition) is 1. The standard InChI is InChI=1S/C19H22FNO/c1-14(2)19(16-9-4-3-5-10-16)21-18(22)13-12-15-8-6-7-11-17(15)20/h3-11,14,19H,12-13H2,1-2H3,(H,21,22). The lowest BCUT2D eigenvalue weighted by molar-refractivity contribution is -0.122. The summed E-state index contributed by atoms with van der Waals surface area (Å²) in [6, 6.07) is 16.5. The molecule has 1 unspecified atom stereocenters. The maximum atomic E-state index is 13.6. The lowest BCUT2D eigenvalue weighted by Gasteiger charge is -2.23. The van der Waals surface area contributed by atoms with Crippen LogP contribution in [0, 0.1) is 11.7 Å². The summed E-state index contributed by atoms with van der Waals surface area (Å²) in [6.07, 6.45) is 0.703. The van der Waals surface area contributed by atoms with Crippen molar-refractivity contribution in [2.24, 2.45) is 5.92 Å². The molecule has 2 aromatic rings. The Kier molecular flexibility index (Phi) is 5.70. The molecule has 2 rings (SSSR count). The van der Waals surface area contributed by atoms with Crippen molar-refractivity contribution in [3.63, 3.8) is 0 Å². The molecule has 1 amide bonds. The van der Waals surface area contributed by atoms with Crippen LogP contribution in [-0.2, 0) is 11.2 Å². The van der Waals surface area contributed by atoms with Crippen molar-refractivity contribution < 1.29 is 9.18 Å². The maximum Gasteiger partial charge on any atom is 0.220 e. The fourth-order valence-electron chi connectivity index (χ4n) is 2.49. The van der Waals surface area contributed by atoms with Crippen LogP contribution in [0.5, 0.6) is 0 Å². The Balaban J connectivity index is 1.96. The van der Waals surface area contributed by atoms with Gasteiger partial charge in [0.25, 0.3) is 0 Å². The van der Waals surface area contributed by atoms with Crippen molar-refractivity contribution >= 4 is 5.91 Å². The third-order valence-electron chi connectivity index (χ3n) is 3.72. The van der Waals surface area contributed by atoms with E-state index in [2.05, 4.69) is 19.2 Å². The van der Waals surface area contributed by atoms with Gasteiger partial charge in [0.2, 0.25) is 5.91 Å². The molecular formula is C19H22FNO. The zero-order valence-corrected chi connectivity index (χ0v) is 13.1. The van der Waals surface area contributed by atoms with E-state index in [0.717, 1.165) is 5.56 Å². The van der Waals surface area contributed by atoms with E-state index in [1.54, 1.807) is 18.2 Å². The molecule has 0 aromatic heterocycles. The first-order chi connectivity index (χ1) is 10.6. The molecule has 0 radical (unpaired) electrons. The second kappa shape index (κ2) is 7.74. The zero-order chi connectivity index (χ0) is 15.9. The van der Waals surface area contributed by atoms with Crippen molar-refractivity contribution in [1.29, 1.82) is 0 Å². The van der Waals surface area contributed by atoms with E-state index in [1.807, 2.05) is 30.3 Å². The topological polar surface area (TPSA) is 29.1 Å². The van der Waals surface area contributed by atoms with Gasteiger partial charge in [-0.15, -0.1) is 0 Å². The summed E-state index contributed by atoms with van der Waals surface area (Å²) in [7, 11) is 0. The van der Waals surface area contributed by atoms with Gasteiger partial charge in [0.1, 0.15) is 5.82 Å². The van der Waals surface area contributed by atoms with Crippen molar-refractivity contribution in [2.45, 2.75) is 32.7 Å². The van der Waals surface area contributed by atoms with E-state index in [1.165, 1.54) is 6.07 Å². The lowest BCUT2D eigenvalue weighted by Crippen LogP contribution is -2.31. The smallest absolute Gasteiger partial charge is 0.220 e. The third kappa shape index (κ3) is 4.42. The zero-order valence-electron chi connectivity index (χ0n) is 13.1. The summed E-state index contributed by atoms with van der Waals surface area (Å²) in [4.78, 5) is 12.2. The van der Waals surface area contributed by atoms with Gasteiger partial charge in [0, 0.05) is 6.42 Å². The first kappa shape index (κ1) is 16.2. The monoisotopic (exact) mass is 299 g/mol. The number of halogens is 1. The van der Waals surface area contributed by atoms with Gasteiger partial charge >= 0.3 is 0 Å². The van der Waals surface area contributed by atoms with Crippen LogP contribution in [0.3, 0.4) is 0 Å². The highest BCUT2D eigenvalue weighted by molar-refractivity contribution is 5.76. The summed E-state index contributed by atoms with van der Waals surface area (Å²) < 4.78 is 13.6. The normalized spacial score (nSPS) is 12.2. The molecule has 3 heteroatoms. The Morgan fingerprint density at radius 1 is 1.05 bits per heavy atom. The molecule has 0 saturated carbocycles. The van der Waals surface area contributed by atoms with Crippen LogP contribution in [0.4, 0.5) is 4.39 Å². The molecule has 22 heavy (non-hydrogen) atoms. The fourth-order valence-corrected chi connectivity index (χ4v) is 2.49. The molecule has 0 bridgehead atoms. The number of rotatable bonds is 6. The molecule has 0 aliphatic carbocycles. The van der Waals surface area contributed by atoms with Crippen LogP contribution in [0.1, 0.15) is 37.4 Å². The highest BCUT2D eigenvalue weighted by Gasteiger charge is 2.18. The van der Waals surface area contributed by atoms with Gasteiger partial charge in [-0.05, 0) is 29.5 Å². The van der Waals surface area contributed by atoms with Crippen LogP contribution in [-0.4, -0.2) is 5.91 Å². The number of amides is 1. The van der Waals surface area contributed by atoms with Gasteiger partial charge in [-0.1, -0.05) is 62.4 Å². The van der Waals surface area contributed by atoms with Gasteiger partial charge in [0.15, 0.2) is 0 Å².